The highest BCUT2D eigenvalue weighted by Gasteiger charge is 2.09. The van der Waals surface area contributed by atoms with Gasteiger partial charge in [0.2, 0.25) is 5.95 Å². The van der Waals surface area contributed by atoms with Crippen LogP contribution in [0.2, 0.25) is 0 Å². The van der Waals surface area contributed by atoms with Gasteiger partial charge in [0.25, 0.3) is 0 Å². The van der Waals surface area contributed by atoms with Crippen molar-refractivity contribution in [1.82, 2.24) is 9.55 Å². The molecule has 1 unspecified atom stereocenters. The van der Waals surface area contributed by atoms with Crippen LogP contribution in [0.5, 0.6) is 0 Å². The second-order valence-corrected chi connectivity index (χ2v) is 3.99. The van der Waals surface area contributed by atoms with Gasteiger partial charge in [0.15, 0.2) is 0 Å². The van der Waals surface area contributed by atoms with Crippen LogP contribution in [0.1, 0.15) is 26.5 Å². The van der Waals surface area contributed by atoms with Crippen molar-refractivity contribution in [2.75, 3.05) is 5.32 Å². The van der Waals surface area contributed by atoms with E-state index in [0.29, 0.717) is 12.0 Å². The Balaban J connectivity index is 2.68. The first-order valence-corrected chi connectivity index (χ1v) is 4.77. The summed E-state index contributed by atoms with van der Waals surface area (Å²) >= 11 is 0. The number of nitrogens with zero attached hydrogens (tertiary/aromatic N) is 2. The van der Waals surface area contributed by atoms with Crippen LogP contribution in [0, 0.1) is 12.8 Å². The second kappa shape index (κ2) is 3.81. The molecule has 0 spiro atoms. The van der Waals surface area contributed by atoms with E-state index in [0.717, 1.165) is 11.6 Å². The molecule has 1 heterocycles. The minimum Gasteiger partial charge on any atom is -0.353 e. The number of anilines is 1. The van der Waals surface area contributed by atoms with E-state index in [1.165, 1.54) is 0 Å². The van der Waals surface area contributed by atoms with Crippen LogP contribution >= 0.6 is 0 Å². The first kappa shape index (κ1) is 10.1. The molecule has 13 heavy (non-hydrogen) atoms. The van der Waals surface area contributed by atoms with Crippen LogP contribution in [-0.4, -0.2) is 15.6 Å². The molecular formula is C10H19N3. The Morgan fingerprint density at radius 3 is 2.38 bits per heavy atom. The molecule has 0 aliphatic heterocycles. The summed E-state index contributed by atoms with van der Waals surface area (Å²) < 4.78 is 2.02. The first-order chi connectivity index (χ1) is 6.00. The van der Waals surface area contributed by atoms with Gasteiger partial charge in [0.1, 0.15) is 0 Å². The smallest absolute Gasteiger partial charge is 0.202 e. The van der Waals surface area contributed by atoms with Gasteiger partial charge in [-0.2, -0.15) is 0 Å². The maximum absolute atomic E-state index is 4.38. The Labute approximate surface area is 80.2 Å². The largest absolute Gasteiger partial charge is 0.353 e. The number of hydrogen-bond donors (Lipinski definition) is 1. The zero-order chi connectivity index (χ0) is 10.0. The summed E-state index contributed by atoms with van der Waals surface area (Å²) in [6.07, 6.45) is 2.02. The van der Waals surface area contributed by atoms with Crippen LogP contribution in [0.25, 0.3) is 0 Å². The average molecular weight is 181 g/mol. The number of rotatable bonds is 3. The maximum Gasteiger partial charge on any atom is 0.202 e. The van der Waals surface area contributed by atoms with Gasteiger partial charge in [-0.1, -0.05) is 13.8 Å². The van der Waals surface area contributed by atoms with Crippen molar-refractivity contribution < 1.29 is 0 Å². The molecule has 0 aromatic carbocycles. The third-order valence-corrected chi connectivity index (χ3v) is 2.35. The minimum absolute atomic E-state index is 0.459. The molecule has 0 bridgehead atoms. The van der Waals surface area contributed by atoms with E-state index < -0.39 is 0 Å². The van der Waals surface area contributed by atoms with Gasteiger partial charge in [0.05, 0.1) is 5.69 Å². The molecule has 1 atom stereocenters. The topological polar surface area (TPSA) is 29.9 Å². The van der Waals surface area contributed by atoms with E-state index in [9.17, 15) is 0 Å². The van der Waals surface area contributed by atoms with Gasteiger partial charge in [0, 0.05) is 19.3 Å². The minimum atomic E-state index is 0.459. The van der Waals surface area contributed by atoms with Crippen molar-refractivity contribution in [2.45, 2.75) is 33.7 Å². The SMILES string of the molecule is Cc1cn(C)c(NC(C)C(C)C)n1. The second-order valence-electron chi connectivity index (χ2n) is 3.99. The van der Waals surface area contributed by atoms with Crippen molar-refractivity contribution in [3.05, 3.63) is 11.9 Å². The number of nitrogens with one attached hydrogen (secondary N) is 1. The molecule has 3 heteroatoms. The zero-order valence-corrected chi connectivity index (χ0v) is 9.13. The molecule has 0 aliphatic carbocycles. The van der Waals surface area contributed by atoms with Gasteiger partial charge < -0.3 is 9.88 Å². The van der Waals surface area contributed by atoms with Crippen molar-refractivity contribution >= 4 is 5.95 Å². The fourth-order valence-corrected chi connectivity index (χ4v) is 1.12. The lowest BCUT2D eigenvalue weighted by Gasteiger charge is -2.17. The lowest BCUT2D eigenvalue weighted by molar-refractivity contribution is 0.554. The van der Waals surface area contributed by atoms with E-state index in [1.54, 1.807) is 0 Å². The number of hydrogen-bond acceptors (Lipinski definition) is 2. The lowest BCUT2D eigenvalue weighted by atomic mass is 10.1. The molecule has 0 amide bonds. The summed E-state index contributed by atoms with van der Waals surface area (Å²) in [5, 5.41) is 3.38. The van der Waals surface area contributed by atoms with E-state index >= 15 is 0 Å². The van der Waals surface area contributed by atoms with Gasteiger partial charge in [-0.3, -0.25) is 0 Å². The molecule has 0 aliphatic rings. The lowest BCUT2D eigenvalue weighted by Crippen LogP contribution is -2.23. The number of aryl methyl sites for hydroxylation is 2. The van der Waals surface area contributed by atoms with E-state index in [2.05, 4.69) is 31.1 Å². The number of imidazole rings is 1. The van der Waals surface area contributed by atoms with Gasteiger partial charge in [-0.15, -0.1) is 0 Å². The van der Waals surface area contributed by atoms with Crippen molar-refractivity contribution in [3.63, 3.8) is 0 Å². The summed E-state index contributed by atoms with van der Waals surface area (Å²) in [6.45, 7) is 8.58. The average Bonchev–Trinajstić information content (AvgIpc) is 2.30. The monoisotopic (exact) mass is 181 g/mol. The predicted octanol–water partition coefficient (Wildman–Crippen LogP) is 2.18. The predicted molar refractivity (Wildman–Crippen MR) is 55.9 cm³/mol. The molecule has 1 N–H and O–H groups in total. The van der Waals surface area contributed by atoms with E-state index in [1.807, 2.05) is 24.7 Å². The third-order valence-electron chi connectivity index (χ3n) is 2.35. The molecule has 0 saturated heterocycles. The fourth-order valence-electron chi connectivity index (χ4n) is 1.12. The van der Waals surface area contributed by atoms with E-state index in [4.69, 9.17) is 0 Å². The van der Waals surface area contributed by atoms with Crippen LogP contribution in [0.3, 0.4) is 0 Å². The molecule has 74 valence electrons. The van der Waals surface area contributed by atoms with Gasteiger partial charge in [-0.05, 0) is 19.8 Å². The maximum atomic E-state index is 4.38. The van der Waals surface area contributed by atoms with Crippen LogP contribution in [0.4, 0.5) is 5.95 Å². The van der Waals surface area contributed by atoms with E-state index in [-0.39, 0.29) is 0 Å². The third kappa shape index (κ3) is 2.47. The molecule has 0 radical (unpaired) electrons. The Morgan fingerprint density at radius 2 is 2.00 bits per heavy atom. The summed E-state index contributed by atoms with van der Waals surface area (Å²) in [7, 11) is 2.01. The summed E-state index contributed by atoms with van der Waals surface area (Å²) in [4.78, 5) is 4.38. The highest BCUT2D eigenvalue weighted by atomic mass is 15.2. The normalized spacial score (nSPS) is 13.4. The van der Waals surface area contributed by atoms with Crippen molar-refractivity contribution in [2.24, 2.45) is 13.0 Å². The quantitative estimate of drug-likeness (QED) is 0.774. The molecule has 1 rings (SSSR count). The zero-order valence-electron chi connectivity index (χ0n) is 9.13. The fraction of sp³-hybridized carbons (Fsp3) is 0.700. The molecule has 0 fully saturated rings. The molecule has 1 aromatic heterocycles. The molecule has 0 saturated carbocycles. The van der Waals surface area contributed by atoms with Crippen LogP contribution in [0.15, 0.2) is 6.20 Å². The highest BCUT2D eigenvalue weighted by molar-refractivity contribution is 5.29. The van der Waals surface area contributed by atoms with Crippen LogP contribution < -0.4 is 5.32 Å². The Bertz CT molecular complexity index is 276. The number of aromatic nitrogens is 2. The Kier molecular flexibility index (Phi) is 2.96. The summed E-state index contributed by atoms with van der Waals surface area (Å²) in [5.41, 5.74) is 1.06. The highest BCUT2D eigenvalue weighted by Crippen LogP contribution is 2.10. The van der Waals surface area contributed by atoms with Gasteiger partial charge >= 0.3 is 0 Å². The molecule has 3 nitrogen and oxygen atoms in total. The van der Waals surface area contributed by atoms with Gasteiger partial charge in [-0.25, -0.2) is 4.98 Å². The summed E-state index contributed by atoms with van der Waals surface area (Å²) in [6, 6.07) is 0.459. The Morgan fingerprint density at radius 1 is 1.38 bits per heavy atom. The molecular weight excluding hydrogens is 162 g/mol. The summed E-state index contributed by atoms with van der Waals surface area (Å²) in [5.74, 6) is 1.58. The van der Waals surface area contributed by atoms with Crippen LogP contribution in [-0.2, 0) is 7.05 Å². The van der Waals surface area contributed by atoms with Crippen molar-refractivity contribution in [3.8, 4) is 0 Å². The first-order valence-electron chi connectivity index (χ1n) is 4.77. The van der Waals surface area contributed by atoms with Crippen molar-refractivity contribution in [1.29, 1.82) is 0 Å². The standard InChI is InChI=1S/C10H19N3/c1-7(2)9(4)12-10-11-8(3)6-13(10)5/h6-7,9H,1-5H3,(H,11,12). The molecule has 1 aromatic rings. The Hall–Kier alpha value is -0.990.